The van der Waals surface area contributed by atoms with Crippen molar-refractivity contribution >= 4 is 17.1 Å². The molecule has 2 aliphatic carbocycles. The van der Waals surface area contributed by atoms with Crippen molar-refractivity contribution in [1.29, 1.82) is 0 Å². The zero-order valence-corrected chi connectivity index (χ0v) is 28.4. The molecule has 9 rings (SSSR count). The number of fused-ring (bicyclic) bond motifs is 7. The van der Waals surface area contributed by atoms with Gasteiger partial charge in [0.05, 0.1) is 11.1 Å². The third kappa shape index (κ3) is 5.09. The van der Waals surface area contributed by atoms with Gasteiger partial charge >= 0.3 is 0 Å². The molecule has 0 aliphatic heterocycles. The molecule has 1 unspecified atom stereocenters. The molecule has 0 saturated carbocycles. The van der Waals surface area contributed by atoms with Crippen molar-refractivity contribution in [3.8, 4) is 33.4 Å². The predicted molar refractivity (Wildman–Crippen MR) is 215 cm³/mol. The highest BCUT2D eigenvalue weighted by Crippen LogP contribution is 2.60. The lowest BCUT2D eigenvalue weighted by Crippen LogP contribution is -2.30. The average Bonchev–Trinajstić information content (AvgIpc) is 3.53. The fraction of sp³-hybridized carbons (Fsp3) is 0.0400. The molecule has 1 spiro atoms. The number of allylic oxidation sites excluding steroid dienone is 5. The Morgan fingerprint density at radius 1 is 0.451 bits per heavy atom. The van der Waals surface area contributed by atoms with E-state index in [1.807, 2.05) is 0 Å². The van der Waals surface area contributed by atoms with Crippen molar-refractivity contribution < 1.29 is 0 Å². The van der Waals surface area contributed by atoms with Gasteiger partial charge in [0.15, 0.2) is 0 Å². The van der Waals surface area contributed by atoms with Crippen LogP contribution in [0.4, 0.5) is 17.1 Å². The van der Waals surface area contributed by atoms with Crippen molar-refractivity contribution in [2.24, 2.45) is 0 Å². The Morgan fingerprint density at radius 3 is 1.63 bits per heavy atom. The highest BCUT2D eigenvalue weighted by Gasteiger charge is 2.48. The standard InChI is InChI=1S/C50H37N/c1-36-16-5-2-10-21-41-22-11-13-24-45(41)50(36)46-25-14-12-23-44(46)49-47(50)26-15-27-48(49)51(42-32-28-39(29-33-42)37-17-6-3-7-18-37)43-34-30-40(31-35-43)38-19-8-4-9-20-38/h2-20,22-35H,1,21H2/b10-2-,16-5-. The summed E-state index contributed by atoms with van der Waals surface area (Å²) in [5.41, 5.74) is 16.3. The molecule has 0 fully saturated rings. The minimum Gasteiger partial charge on any atom is -0.310 e. The van der Waals surface area contributed by atoms with Crippen LogP contribution in [0.15, 0.2) is 212 Å². The van der Waals surface area contributed by atoms with Gasteiger partial charge in [-0.3, -0.25) is 0 Å². The Kier molecular flexibility index (Phi) is 7.67. The minimum absolute atomic E-state index is 0.541. The normalized spacial score (nSPS) is 17.0. The Balaban J connectivity index is 1.29. The molecular weight excluding hydrogens is 615 g/mol. The molecule has 1 atom stereocenters. The van der Waals surface area contributed by atoms with E-state index in [1.165, 1.54) is 55.6 Å². The molecule has 0 bridgehead atoms. The first-order valence-electron chi connectivity index (χ1n) is 17.7. The van der Waals surface area contributed by atoms with E-state index in [4.69, 9.17) is 6.58 Å². The van der Waals surface area contributed by atoms with E-state index in [2.05, 4.69) is 205 Å². The summed E-state index contributed by atoms with van der Waals surface area (Å²) in [7, 11) is 0. The summed E-state index contributed by atoms with van der Waals surface area (Å²) in [4.78, 5) is 2.43. The Morgan fingerprint density at radius 2 is 0.980 bits per heavy atom. The first-order chi connectivity index (χ1) is 25.2. The second kappa shape index (κ2) is 12.8. The molecule has 2 aliphatic rings. The van der Waals surface area contributed by atoms with E-state index < -0.39 is 5.41 Å². The summed E-state index contributed by atoms with van der Waals surface area (Å²) in [6.07, 6.45) is 9.62. The molecule has 7 aromatic carbocycles. The molecule has 0 aromatic heterocycles. The summed E-state index contributed by atoms with van der Waals surface area (Å²) in [6, 6.07) is 63.9. The predicted octanol–water partition coefficient (Wildman–Crippen LogP) is 13.0. The van der Waals surface area contributed by atoms with E-state index >= 15 is 0 Å². The molecule has 242 valence electrons. The average molecular weight is 652 g/mol. The summed E-state index contributed by atoms with van der Waals surface area (Å²) >= 11 is 0. The van der Waals surface area contributed by atoms with Crippen LogP contribution in [0.1, 0.15) is 22.3 Å². The fourth-order valence-corrected chi connectivity index (χ4v) is 8.23. The summed E-state index contributed by atoms with van der Waals surface area (Å²) in [5.74, 6) is 0. The Hall–Kier alpha value is -6.44. The highest BCUT2D eigenvalue weighted by molar-refractivity contribution is 5.98. The van der Waals surface area contributed by atoms with Crippen LogP contribution in [0.2, 0.25) is 0 Å². The molecule has 1 nitrogen and oxygen atoms in total. The summed E-state index contributed by atoms with van der Waals surface area (Å²) in [5, 5.41) is 0. The van der Waals surface area contributed by atoms with Crippen LogP contribution in [0, 0.1) is 0 Å². The number of hydrogen-bond acceptors (Lipinski definition) is 1. The third-order valence-corrected chi connectivity index (χ3v) is 10.5. The van der Waals surface area contributed by atoms with E-state index in [1.54, 1.807) is 0 Å². The quantitative estimate of drug-likeness (QED) is 0.179. The Labute approximate surface area is 300 Å². The monoisotopic (exact) mass is 651 g/mol. The fourth-order valence-electron chi connectivity index (χ4n) is 8.23. The SMILES string of the molecule is C=C1/C=C\C=C/Cc2ccccc2C12c1ccccc1-c1c(N(c3ccc(-c4ccccc4)cc3)c3ccc(-c4ccccc4)cc3)cccc12. The maximum atomic E-state index is 4.82. The van der Waals surface area contributed by atoms with E-state index in [-0.39, 0.29) is 0 Å². The first-order valence-corrected chi connectivity index (χ1v) is 17.7. The maximum absolute atomic E-state index is 4.82. The molecule has 7 aromatic rings. The second-order valence-electron chi connectivity index (χ2n) is 13.3. The molecule has 1 heteroatoms. The van der Waals surface area contributed by atoms with Crippen molar-refractivity contribution in [3.05, 3.63) is 235 Å². The lowest BCUT2D eigenvalue weighted by molar-refractivity contribution is 0.760. The van der Waals surface area contributed by atoms with Crippen molar-refractivity contribution in [1.82, 2.24) is 0 Å². The number of benzene rings is 7. The van der Waals surface area contributed by atoms with Crippen LogP contribution < -0.4 is 4.90 Å². The zero-order chi connectivity index (χ0) is 34.2. The van der Waals surface area contributed by atoms with Crippen LogP contribution in [0.25, 0.3) is 33.4 Å². The van der Waals surface area contributed by atoms with E-state index in [9.17, 15) is 0 Å². The van der Waals surface area contributed by atoms with Gasteiger partial charge in [-0.15, -0.1) is 0 Å². The van der Waals surface area contributed by atoms with Crippen LogP contribution in [-0.2, 0) is 11.8 Å². The van der Waals surface area contributed by atoms with Gasteiger partial charge < -0.3 is 4.90 Å². The van der Waals surface area contributed by atoms with Gasteiger partial charge in [0.25, 0.3) is 0 Å². The number of nitrogens with zero attached hydrogens (tertiary/aromatic N) is 1. The van der Waals surface area contributed by atoms with Crippen molar-refractivity contribution in [2.75, 3.05) is 4.90 Å². The van der Waals surface area contributed by atoms with Gasteiger partial charge in [0, 0.05) is 16.9 Å². The maximum Gasteiger partial charge on any atom is 0.0711 e. The largest absolute Gasteiger partial charge is 0.310 e. The summed E-state index contributed by atoms with van der Waals surface area (Å²) in [6.45, 7) is 4.82. The van der Waals surface area contributed by atoms with Crippen molar-refractivity contribution in [2.45, 2.75) is 11.8 Å². The second-order valence-corrected chi connectivity index (χ2v) is 13.3. The molecule has 0 saturated heterocycles. The van der Waals surface area contributed by atoms with E-state index in [0.29, 0.717) is 0 Å². The Bertz CT molecular complexity index is 2350. The smallest absolute Gasteiger partial charge is 0.0711 e. The van der Waals surface area contributed by atoms with Crippen LogP contribution in [0.3, 0.4) is 0 Å². The van der Waals surface area contributed by atoms with Gasteiger partial charge in [0.2, 0.25) is 0 Å². The number of rotatable bonds is 5. The van der Waals surface area contributed by atoms with Gasteiger partial charge in [-0.2, -0.15) is 0 Å². The number of anilines is 3. The number of hydrogen-bond donors (Lipinski definition) is 0. The first kappa shape index (κ1) is 30.6. The van der Waals surface area contributed by atoms with Gasteiger partial charge in [0.1, 0.15) is 0 Å². The van der Waals surface area contributed by atoms with Crippen LogP contribution >= 0.6 is 0 Å². The molecule has 0 N–H and O–H groups in total. The van der Waals surface area contributed by atoms with E-state index in [0.717, 1.165) is 29.1 Å². The van der Waals surface area contributed by atoms with Gasteiger partial charge in [-0.1, -0.05) is 176 Å². The lowest BCUT2D eigenvalue weighted by atomic mass is 9.66. The van der Waals surface area contributed by atoms with Crippen LogP contribution in [0.5, 0.6) is 0 Å². The molecule has 51 heavy (non-hydrogen) atoms. The van der Waals surface area contributed by atoms with Gasteiger partial charge in [-0.05, 0) is 92.4 Å². The van der Waals surface area contributed by atoms with Crippen molar-refractivity contribution in [3.63, 3.8) is 0 Å². The molecule has 0 radical (unpaired) electrons. The third-order valence-electron chi connectivity index (χ3n) is 10.5. The molecular formula is C50H37N. The topological polar surface area (TPSA) is 3.24 Å². The minimum atomic E-state index is -0.541. The lowest BCUT2D eigenvalue weighted by Gasteiger charge is -2.36. The molecule has 0 heterocycles. The zero-order valence-electron chi connectivity index (χ0n) is 28.4. The summed E-state index contributed by atoms with van der Waals surface area (Å²) < 4.78 is 0. The van der Waals surface area contributed by atoms with Crippen LogP contribution in [-0.4, -0.2) is 0 Å². The molecule has 0 amide bonds. The van der Waals surface area contributed by atoms with Gasteiger partial charge in [-0.25, -0.2) is 0 Å². The highest BCUT2D eigenvalue weighted by atomic mass is 15.1.